The molecule has 1 heterocycles. The summed E-state index contributed by atoms with van der Waals surface area (Å²) in [7, 11) is 0. The fourth-order valence-electron chi connectivity index (χ4n) is 2.15. The lowest BCUT2D eigenvalue weighted by Gasteiger charge is -2.23. The molecule has 2 N–H and O–H groups in total. The molecule has 1 unspecified atom stereocenters. The van der Waals surface area contributed by atoms with Crippen LogP contribution in [0, 0.1) is 11.3 Å². The van der Waals surface area contributed by atoms with Crippen molar-refractivity contribution in [2.75, 3.05) is 26.2 Å². The van der Waals surface area contributed by atoms with Crippen molar-refractivity contribution in [3.05, 3.63) is 0 Å². The molecular formula is C13H28N2. The topological polar surface area (TPSA) is 24.1 Å². The Morgan fingerprint density at radius 1 is 1.33 bits per heavy atom. The number of nitrogens with one attached hydrogen (secondary N) is 2. The second-order valence-electron chi connectivity index (χ2n) is 6.09. The van der Waals surface area contributed by atoms with Gasteiger partial charge in [0, 0.05) is 0 Å². The molecule has 1 fully saturated rings. The molecule has 0 radical (unpaired) electrons. The van der Waals surface area contributed by atoms with E-state index in [1.165, 1.54) is 45.3 Å². The normalized spacial score (nSPS) is 23.0. The van der Waals surface area contributed by atoms with Gasteiger partial charge >= 0.3 is 0 Å². The molecule has 1 rings (SSSR count). The maximum absolute atomic E-state index is 3.54. The van der Waals surface area contributed by atoms with E-state index in [4.69, 9.17) is 0 Å². The van der Waals surface area contributed by atoms with Crippen molar-refractivity contribution in [1.82, 2.24) is 10.6 Å². The molecule has 2 heteroatoms. The van der Waals surface area contributed by atoms with Crippen molar-refractivity contribution in [3.8, 4) is 0 Å². The molecule has 0 amide bonds. The Labute approximate surface area is 95.2 Å². The highest BCUT2D eigenvalue weighted by Crippen LogP contribution is 2.15. The molecule has 0 spiro atoms. The van der Waals surface area contributed by atoms with E-state index in [1.807, 2.05) is 0 Å². The highest BCUT2D eigenvalue weighted by molar-refractivity contribution is 4.70. The minimum atomic E-state index is 0.423. The Bertz CT molecular complexity index is 154. The molecule has 0 aliphatic carbocycles. The third kappa shape index (κ3) is 6.91. The molecule has 1 aliphatic heterocycles. The highest BCUT2D eigenvalue weighted by atomic mass is 14.9. The fraction of sp³-hybridized carbons (Fsp3) is 1.00. The summed E-state index contributed by atoms with van der Waals surface area (Å²) in [5.41, 5.74) is 0.423. The van der Waals surface area contributed by atoms with Crippen LogP contribution in [0.2, 0.25) is 0 Å². The van der Waals surface area contributed by atoms with E-state index in [1.54, 1.807) is 0 Å². The zero-order chi connectivity index (χ0) is 11.1. The van der Waals surface area contributed by atoms with Crippen LogP contribution in [-0.2, 0) is 0 Å². The first kappa shape index (κ1) is 13.0. The molecule has 0 aromatic rings. The van der Waals surface area contributed by atoms with Gasteiger partial charge in [-0.3, -0.25) is 0 Å². The molecule has 0 saturated carbocycles. The predicted molar refractivity (Wildman–Crippen MR) is 67.2 cm³/mol. The second-order valence-corrected chi connectivity index (χ2v) is 6.09. The molecule has 2 nitrogen and oxygen atoms in total. The zero-order valence-corrected chi connectivity index (χ0v) is 10.7. The summed E-state index contributed by atoms with van der Waals surface area (Å²) in [6.45, 7) is 11.7. The van der Waals surface area contributed by atoms with Crippen LogP contribution in [0.3, 0.4) is 0 Å². The van der Waals surface area contributed by atoms with Crippen molar-refractivity contribution < 1.29 is 0 Å². The van der Waals surface area contributed by atoms with Gasteiger partial charge < -0.3 is 10.6 Å². The van der Waals surface area contributed by atoms with E-state index in [-0.39, 0.29) is 0 Å². The lowest BCUT2D eigenvalue weighted by Crippen LogP contribution is -2.31. The van der Waals surface area contributed by atoms with E-state index in [9.17, 15) is 0 Å². The Kier molecular flexibility index (Phi) is 5.62. The first-order chi connectivity index (χ1) is 7.08. The number of hydrogen-bond acceptors (Lipinski definition) is 2. The zero-order valence-electron chi connectivity index (χ0n) is 10.7. The number of piperidine rings is 1. The molecule has 1 saturated heterocycles. The third-order valence-corrected chi connectivity index (χ3v) is 3.02. The number of rotatable bonds is 5. The van der Waals surface area contributed by atoms with Crippen LogP contribution >= 0.6 is 0 Å². The van der Waals surface area contributed by atoms with Crippen LogP contribution in [0.4, 0.5) is 0 Å². The third-order valence-electron chi connectivity index (χ3n) is 3.02. The SMILES string of the molecule is CC(C)(C)CNCCCC1CCCNC1. The van der Waals surface area contributed by atoms with Gasteiger partial charge in [0.15, 0.2) is 0 Å². The Morgan fingerprint density at radius 3 is 2.73 bits per heavy atom. The van der Waals surface area contributed by atoms with Gasteiger partial charge in [-0.2, -0.15) is 0 Å². The van der Waals surface area contributed by atoms with Crippen LogP contribution < -0.4 is 10.6 Å². The molecule has 90 valence electrons. The van der Waals surface area contributed by atoms with E-state index < -0.39 is 0 Å². The van der Waals surface area contributed by atoms with Gasteiger partial charge in [-0.15, -0.1) is 0 Å². The molecule has 0 aromatic carbocycles. The Morgan fingerprint density at radius 2 is 2.13 bits per heavy atom. The standard InChI is InChI=1S/C13H28N2/c1-13(2,3)11-15-9-5-7-12-6-4-8-14-10-12/h12,14-15H,4-11H2,1-3H3. The van der Waals surface area contributed by atoms with Gasteiger partial charge in [0.1, 0.15) is 0 Å². The monoisotopic (exact) mass is 212 g/mol. The van der Waals surface area contributed by atoms with Gasteiger partial charge in [-0.05, 0) is 63.2 Å². The molecule has 1 aliphatic rings. The average Bonchev–Trinajstić information content (AvgIpc) is 2.17. The van der Waals surface area contributed by atoms with Crippen LogP contribution in [0.15, 0.2) is 0 Å². The summed E-state index contributed by atoms with van der Waals surface area (Å²) < 4.78 is 0. The Hall–Kier alpha value is -0.0800. The molecule has 0 aromatic heterocycles. The first-order valence-corrected chi connectivity index (χ1v) is 6.49. The maximum Gasteiger partial charge on any atom is -0.0000126 e. The van der Waals surface area contributed by atoms with Crippen molar-refractivity contribution in [2.45, 2.75) is 46.5 Å². The van der Waals surface area contributed by atoms with E-state index in [0.717, 1.165) is 12.5 Å². The van der Waals surface area contributed by atoms with E-state index >= 15 is 0 Å². The van der Waals surface area contributed by atoms with E-state index in [2.05, 4.69) is 31.4 Å². The van der Waals surface area contributed by atoms with Gasteiger partial charge in [0.05, 0.1) is 0 Å². The molecule has 15 heavy (non-hydrogen) atoms. The molecular weight excluding hydrogens is 184 g/mol. The van der Waals surface area contributed by atoms with Crippen LogP contribution in [-0.4, -0.2) is 26.2 Å². The predicted octanol–water partition coefficient (Wildman–Crippen LogP) is 2.40. The summed E-state index contributed by atoms with van der Waals surface area (Å²) in [6.07, 6.45) is 5.54. The van der Waals surface area contributed by atoms with Gasteiger partial charge in [-0.25, -0.2) is 0 Å². The fourth-order valence-corrected chi connectivity index (χ4v) is 2.15. The maximum atomic E-state index is 3.54. The van der Waals surface area contributed by atoms with Crippen LogP contribution in [0.5, 0.6) is 0 Å². The Balaban J connectivity index is 1.92. The molecule has 0 bridgehead atoms. The second kappa shape index (κ2) is 6.49. The van der Waals surface area contributed by atoms with Crippen molar-refractivity contribution in [2.24, 2.45) is 11.3 Å². The van der Waals surface area contributed by atoms with Crippen molar-refractivity contribution >= 4 is 0 Å². The largest absolute Gasteiger partial charge is 0.316 e. The number of hydrogen-bond donors (Lipinski definition) is 2. The lowest BCUT2D eigenvalue weighted by atomic mass is 9.94. The summed E-state index contributed by atoms with van der Waals surface area (Å²) in [6, 6.07) is 0. The van der Waals surface area contributed by atoms with Gasteiger partial charge in [0.2, 0.25) is 0 Å². The highest BCUT2D eigenvalue weighted by Gasteiger charge is 2.12. The first-order valence-electron chi connectivity index (χ1n) is 6.49. The average molecular weight is 212 g/mol. The van der Waals surface area contributed by atoms with Crippen molar-refractivity contribution in [1.29, 1.82) is 0 Å². The minimum Gasteiger partial charge on any atom is -0.316 e. The minimum absolute atomic E-state index is 0.423. The summed E-state index contributed by atoms with van der Waals surface area (Å²) in [5.74, 6) is 0.940. The summed E-state index contributed by atoms with van der Waals surface area (Å²) in [4.78, 5) is 0. The summed E-state index contributed by atoms with van der Waals surface area (Å²) >= 11 is 0. The van der Waals surface area contributed by atoms with Crippen LogP contribution in [0.1, 0.15) is 46.5 Å². The van der Waals surface area contributed by atoms with E-state index in [0.29, 0.717) is 5.41 Å². The summed E-state index contributed by atoms with van der Waals surface area (Å²) in [5, 5.41) is 7.02. The van der Waals surface area contributed by atoms with Crippen LogP contribution in [0.25, 0.3) is 0 Å². The molecule has 1 atom stereocenters. The lowest BCUT2D eigenvalue weighted by molar-refractivity contribution is 0.337. The van der Waals surface area contributed by atoms with Gasteiger partial charge in [-0.1, -0.05) is 20.8 Å². The quantitative estimate of drug-likeness (QED) is 0.684. The van der Waals surface area contributed by atoms with Gasteiger partial charge in [0.25, 0.3) is 0 Å². The van der Waals surface area contributed by atoms with Crippen molar-refractivity contribution in [3.63, 3.8) is 0 Å². The smallest absolute Gasteiger partial charge is 0.0000126 e.